The summed E-state index contributed by atoms with van der Waals surface area (Å²) in [7, 11) is 0. The number of hydrogen-bond donors (Lipinski definition) is 2. The van der Waals surface area contributed by atoms with Gasteiger partial charge >= 0.3 is 0 Å². The van der Waals surface area contributed by atoms with Gasteiger partial charge in [-0.05, 0) is 26.7 Å². The summed E-state index contributed by atoms with van der Waals surface area (Å²) in [5.74, 6) is -0.253. The van der Waals surface area contributed by atoms with E-state index in [4.69, 9.17) is 4.74 Å². The van der Waals surface area contributed by atoms with Crippen molar-refractivity contribution in [2.24, 2.45) is 5.41 Å². The minimum absolute atomic E-state index is 0.127. The highest BCUT2D eigenvalue weighted by molar-refractivity contribution is 5.88. The lowest BCUT2D eigenvalue weighted by atomic mass is 9.80. The summed E-state index contributed by atoms with van der Waals surface area (Å²) in [6.45, 7) is 6.13. The van der Waals surface area contributed by atoms with Gasteiger partial charge in [0, 0.05) is 43.9 Å². The van der Waals surface area contributed by atoms with Crippen molar-refractivity contribution in [2.75, 3.05) is 26.3 Å². The first kappa shape index (κ1) is 19.9. The number of carbonyl (C=O) groups excluding carboxylic acids is 2. The fourth-order valence-electron chi connectivity index (χ4n) is 2.40. The quantitative estimate of drug-likeness (QED) is 0.529. The van der Waals surface area contributed by atoms with E-state index in [1.807, 2.05) is 26.0 Å². The van der Waals surface area contributed by atoms with Gasteiger partial charge in [-0.1, -0.05) is 36.5 Å². The molecule has 2 amide bonds. The van der Waals surface area contributed by atoms with E-state index in [-0.39, 0.29) is 17.2 Å². The summed E-state index contributed by atoms with van der Waals surface area (Å²) in [4.78, 5) is 23.7. The van der Waals surface area contributed by atoms with Crippen LogP contribution in [0.5, 0.6) is 0 Å². The molecule has 24 heavy (non-hydrogen) atoms. The smallest absolute Gasteiger partial charge is 0.243 e. The van der Waals surface area contributed by atoms with E-state index in [2.05, 4.69) is 10.6 Å². The summed E-state index contributed by atoms with van der Waals surface area (Å²) in [6.07, 6.45) is 15.4. The predicted octanol–water partition coefficient (Wildman–Crippen LogP) is 2.28. The van der Waals surface area contributed by atoms with Gasteiger partial charge in [-0.15, -0.1) is 0 Å². The van der Waals surface area contributed by atoms with E-state index < -0.39 is 0 Å². The van der Waals surface area contributed by atoms with Gasteiger partial charge in [0.15, 0.2) is 0 Å². The molecule has 0 unspecified atom stereocenters. The predicted molar refractivity (Wildman–Crippen MR) is 96.4 cm³/mol. The zero-order chi connectivity index (χ0) is 17.7. The van der Waals surface area contributed by atoms with Crippen molar-refractivity contribution in [1.82, 2.24) is 10.6 Å². The summed E-state index contributed by atoms with van der Waals surface area (Å²) >= 11 is 0. The van der Waals surface area contributed by atoms with E-state index in [1.165, 1.54) is 12.2 Å². The number of carbonyl (C=O) groups is 2. The molecule has 0 spiro atoms. The summed E-state index contributed by atoms with van der Waals surface area (Å²) in [5, 5.41) is 5.86. The molecule has 0 aliphatic carbocycles. The van der Waals surface area contributed by atoms with Crippen LogP contribution in [0, 0.1) is 5.41 Å². The highest BCUT2D eigenvalue weighted by atomic mass is 16.5. The Bertz CT molecular complexity index is 473. The Labute approximate surface area is 144 Å². The van der Waals surface area contributed by atoms with Gasteiger partial charge in [-0.3, -0.25) is 9.59 Å². The minimum Gasteiger partial charge on any atom is -0.381 e. The normalized spacial score (nSPS) is 17.9. The molecule has 1 aliphatic rings. The number of ether oxygens (including phenoxy) is 1. The Morgan fingerprint density at radius 1 is 0.875 bits per heavy atom. The average Bonchev–Trinajstić information content (AvgIpc) is 2.60. The molecule has 0 aromatic heterocycles. The largest absolute Gasteiger partial charge is 0.381 e. The summed E-state index contributed by atoms with van der Waals surface area (Å²) < 4.78 is 5.43. The molecule has 0 bridgehead atoms. The zero-order valence-electron chi connectivity index (χ0n) is 14.6. The Morgan fingerprint density at radius 3 is 1.75 bits per heavy atom. The molecule has 0 aromatic carbocycles. The molecular formula is C19H28N2O3. The Hall–Kier alpha value is -2.14. The summed E-state index contributed by atoms with van der Waals surface area (Å²) in [5.41, 5.74) is -0.160. The first-order chi connectivity index (χ1) is 11.6. The number of rotatable bonds is 8. The summed E-state index contributed by atoms with van der Waals surface area (Å²) in [6, 6.07) is 0. The topological polar surface area (TPSA) is 67.4 Å². The van der Waals surface area contributed by atoms with Crippen LogP contribution in [0.1, 0.15) is 26.7 Å². The van der Waals surface area contributed by atoms with Crippen LogP contribution in [-0.4, -0.2) is 38.1 Å². The van der Waals surface area contributed by atoms with E-state index in [1.54, 1.807) is 24.3 Å². The van der Waals surface area contributed by atoms with Crippen LogP contribution < -0.4 is 10.6 Å². The molecule has 0 atom stereocenters. The lowest BCUT2D eigenvalue weighted by Crippen LogP contribution is -2.48. The van der Waals surface area contributed by atoms with Gasteiger partial charge in [0.1, 0.15) is 0 Å². The lowest BCUT2D eigenvalue weighted by molar-refractivity contribution is -0.118. The van der Waals surface area contributed by atoms with Crippen LogP contribution in [0.3, 0.4) is 0 Å². The van der Waals surface area contributed by atoms with Crippen molar-refractivity contribution >= 4 is 11.8 Å². The Morgan fingerprint density at radius 2 is 1.33 bits per heavy atom. The van der Waals surface area contributed by atoms with Crippen LogP contribution in [0.2, 0.25) is 0 Å². The molecule has 1 aliphatic heterocycles. The van der Waals surface area contributed by atoms with Gasteiger partial charge in [0.25, 0.3) is 0 Å². The highest BCUT2D eigenvalue weighted by Crippen LogP contribution is 2.29. The third-order valence-corrected chi connectivity index (χ3v) is 3.93. The zero-order valence-corrected chi connectivity index (χ0v) is 14.6. The molecule has 1 saturated heterocycles. The minimum atomic E-state index is -0.160. The first-order valence-electron chi connectivity index (χ1n) is 8.34. The maximum absolute atomic E-state index is 11.8. The molecule has 0 saturated carbocycles. The van der Waals surface area contributed by atoms with Crippen LogP contribution >= 0.6 is 0 Å². The lowest BCUT2D eigenvalue weighted by Gasteiger charge is -2.37. The molecule has 0 radical (unpaired) electrons. The third kappa shape index (κ3) is 7.92. The number of nitrogens with one attached hydrogen (secondary N) is 2. The molecule has 1 heterocycles. The highest BCUT2D eigenvalue weighted by Gasteiger charge is 2.33. The van der Waals surface area contributed by atoms with Gasteiger partial charge in [0.05, 0.1) is 0 Å². The van der Waals surface area contributed by atoms with Crippen molar-refractivity contribution < 1.29 is 14.3 Å². The Kier molecular flexibility index (Phi) is 9.46. The molecule has 132 valence electrons. The van der Waals surface area contributed by atoms with Gasteiger partial charge in [0.2, 0.25) is 11.8 Å². The van der Waals surface area contributed by atoms with Crippen molar-refractivity contribution in [3.8, 4) is 0 Å². The molecule has 5 heteroatoms. The molecule has 2 N–H and O–H groups in total. The second-order valence-electron chi connectivity index (χ2n) is 5.82. The maximum Gasteiger partial charge on any atom is 0.243 e. The van der Waals surface area contributed by atoms with Crippen molar-refractivity contribution in [3.63, 3.8) is 0 Å². The number of amides is 2. The molecular weight excluding hydrogens is 304 g/mol. The maximum atomic E-state index is 11.8. The van der Waals surface area contributed by atoms with Gasteiger partial charge in [-0.25, -0.2) is 0 Å². The average molecular weight is 332 g/mol. The van der Waals surface area contributed by atoms with E-state index in [0.29, 0.717) is 26.3 Å². The number of hydrogen-bond acceptors (Lipinski definition) is 3. The molecule has 0 aromatic rings. The van der Waals surface area contributed by atoms with Crippen molar-refractivity contribution in [3.05, 3.63) is 48.6 Å². The SMILES string of the molecule is CC=CC=CC(=O)NCC1(CNC(=O)C=CC=CC)CCOCC1. The van der Waals surface area contributed by atoms with Crippen LogP contribution in [0.15, 0.2) is 48.6 Å². The van der Waals surface area contributed by atoms with E-state index >= 15 is 0 Å². The second kappa shape index (κ2) is 11.4. The molecule has 1 rings (SSSR count). The van der Waals surface area contributed by atoms with Crippen LogP contribution in [0.25, 0.3) is 0 Å². The Balaban J connectivity index is 2.56. The fourth-order valence-corrected chi connectivity index (χ4v) is 2.40. The first-order valence-corrected chi connectivity index (χ1v) is 8.34. The van der Waals surface area contributed by atoms with E-state index in [0.717, 1.165) is 12.8 Å². The van der Waals surface area contributed by atoms with Crippen LogP contribution in [-0.2, 0) is 14.3 Å². The van der Waals surface area contributed by atoms with Gasteiger partial charge in [-0.2, -0.15) is 0 Å². The van der Waals surface area contributed by atoms with E-state index in [9.17, 15) is 9.59 Å². The third-order valence-electron chi connectivity index (χ3n) is 3.93. The second-order valence-corrected chi connectivity index (χ2v) is 5.82. The molecule has 5 nitrogen and oxygen atoms in total. The molecule has 1 fully saturated rings. The fraction of sp³-hybridized carbons (Fsp3) is 0.474. The van der Waals surface area contributed by atoms with Crippen molar-refractivity contribution in [1.29, 1.82) is 0 Å². The van der Waals surface area contributed by atoms with Gasteiger partial charge < -0.3 is 15.4 Å². The number of allylic oxidation sites excluding steroid dienone is 6. The monoisotopic (exact) mass is 332 g/mol. The standard InChI is InChI=1S/C19H28N2O3/c1-3-5-7-9-17(22)20-15-19(11-13-24-14-12-19)16-21-18(23)10-8-6-4-2/h3-10H,11-16H2,1-2H3,(H,20,22)(H,21,23). The van der Waals surface area contributed by atoms with Crippen LogP contribution in [0.4, 0.5) is 0 Å². The van der Waals surface area contributed by atoms with Crippen molar-refractivity contribution in [2.45, 2.75) is 26.7 Å².